The second-order valence-electron chi connectivity index (χ2n) is 3.26. The molecule has 0 heterocycles. The third-order valence-electron chi connectivity index (χ3n) is 2.18. The van der Waals surface area contributed by atoms with E-state index < -0.39 is 0 Å². The van der Waals surface area contributed by atoms with Crippen LogP contribution in [0.4, 0.5) is 0 Å². The van der Waals surface area contributed by atoms with Crippen molar-refractivity contribution in [3.05, 3.63) is 72.0 Å². The van der Waals surface area contributed by atoms with Crippen molar-refractivity contribution in [2.75, 3.05) is 0 Å². The molecule has 0 unspecified atom stereocenters. The first-order chi connectivity index (χ1) is 7.70. The lowest BCUT2D eigenvalue weighted by Crippen LogP contribution is -2.11. The zero-order valence-electron chi connectivity index (χ0n) is 9.31. The number of nitrogens with two attached hydrogens (primary N) is 1. The zero-order chi connectivity index (χ0) is 12.0. The highest BCUT2D eigenvalue weighted by Crippen LogP contribution is 2.13. The molecule has 0 fully saturated rings. The minimum atomic E-state index is -0.0706. The van der Waals surface area contributed by atoms with Crippen molar-refractivity contribution in [2.45, 2.75) is 14.4 Å². The Labute approximate surface area is 103 Å². The summed E-state index contributed by atoms with van der Waals surface area (Å²) in [5.74, 6) is -0.0706. The smallest absolute Gasteiger partial charge is 0.194 e. The van der Waals surface area contributed by atoms with Gasteiger partial charge in [-0.05, 0) is 13.0 Å². The van der Waals surface area contributed by atoms with Crippen LogP contribution in [0.5, 0.6) is 0 Å². The topological polar surface area (TPSA) is 43.1 Å². The predicted octanol–water partition coefficient (Wildman–Crippen LogP) is 3.48. The first kappa shape index (κ1) is 14.9. The highest BCUT2D eigenvalue weighted by Gasteiger charge is 2.12. The fraction of sp³-hybridized carbons (Fsp3) is 0.133. The number of benzene rings is 1. The minimum absolute atomic E-state index is 0. The first-order valence-electron chi connectivity index (χ1n) is 5.05. The van der Waals surface area contributed by atoms with Crippen LogP contribution in [0, 0.1) is 0 Å². The molecule has 0 saturated heterocycles. The SMILES string of the molecule is C.C=C/C=C(N)\C(=C/C)C(=O)c1ccccc1. The molecule has 0 atom stereocenters. The van der Waals surface area contributed by atoms with Crippen molar-refractivity contribution in [3.8, 4) is 0 Å². The fourth-order valence-corrected chi connectivity index (χ4v) is 1.39. The maximum atomic E-state index is 12.1. The van der Waals surface area contributed by atoms with Gasteiger partial charge >= 0.3 is 0 Å². The number of Topliss-reactive ketones (excluding diaryl/α,β-unsaturated/α-hetero) is 1. The molecule has 1 rings (SSSR count). The number of rotatable bonds is 4. The largest absolute Gasteiger partial charge is 0.398 e. The van der Waals surface area contributed by atoms with Crippen LogP contribution in [-0.2, 0) is 0 Å². The van der Waals surface area contributed by atoms with Gasteiger partial charge in [-0.2, -0.15) is 0 Å². The van der Waals surface area contributed by atoms with Gasteiger partial charge in [-0.25, -0.2) is 0 Å². The maximum Gasteiger partial charge on any atom is 0.194 e. The van der Waals surface area contributed by atoms with E-state index in [9.17, 15) is 4.79 Å². The average Bonchev–Trinajstić information content (AvgIpc) is 2.31. The zero-order valence-corrected chi connectivity index (χ0v) is 9.31. The molecular weight excluding hydrogens is 210 g/mol. The summed E-state index contributed by atoms with van der Waals surface area (Å²) in [7, 11) is 0. The van der Waals surface area contributed by atoms with Crippen LogP contribution in [0.3, 0.4) is 0 Å². The number of allylic oxidation sites excluding steroid dienone is 4. The summed E-state index contributed by atoms with van der Waals surface area (Å²) in [4.78, 5) is 12.1. The molecule has 1 aromatic carbocycles. The molecule has 2 N–H and O–H groups in total. The highest BCUT2D eigenvalue weighted by atomic mass is 16.1. The van der Waals surface area contributed by atoms with Crippen molar-refractivity contribution >= 4 is 5.78 Å². The first-order valence-corrected chi connectivity index (χ1v) is 5.05. The van der Waals surface area contributed by atoms with Gasteiger partial charge in [0.05, 0.1) is 0 Å². The van der Waals surface area contributed by atoms with E-state index in [1.807, 2.05) is 18.2 Å². The van der Waals surface area contributed by atoms with Crippen molar-refractivity contribution in [1.82, 2.24) is 0 Å². The van der Waals surface area contributed by atoms with E-state index in [1.165, 1.54) is 0 Å². The molecule has 1 aromatic rings. The van der Waals surface area contributed by atoms with Gasteiger partial charge in [0.2, 0.25) is 0 Å². The van der Waals surface area contributed by atoms with Crippen LogP contribution in [0.25, 0.3) is 0 Å². The monoisotopic (exact) mass is 229 g/mol. The average molecular weight is 229 g/mol. The van der Waals surface area contributed by atoms with Crippen LogP contribution in [0.2, 0.25) is 0 Å². The lowest BCUT2D eigenvalue weighted by Gasteiger charge is -2.05. The number of hydrogen-bond acceptors (Lipinski definition) is 2. The van der Waals surface area contributed by atoms with E-state index in [0.29, 0.717) is 16.8 Å². The van der Waals surface area contributed by atoms with Crippen LogP contribution in [0.1, 0.15) is 24.7 Å². The van der Waals surface area contributed by atoms with Crippen LogP contribution < -0.4 is 5.73 Å². The molecule has 0 amide bonds. The second-order valence-corrected chi connectivity index (χ2v) is 3.26. The van der Waals surface area contributed by atoms with E-state index in [2.05, 4.69) is 6.58 Å². The molecule has 0 aliphatic rings. The van der Waals surface area contributed by atoms with Crippen molar-refractivity contribution in [2.24, 2.45) is 5.73 Å². The summed E-state index contributed by atoms with van der Waals surface area (Å²) < 4.78 is 0. The molecule has 17 heavy (non-hydrogen) atoms. The van der Waals surface area contributed by atoms with Gasteiger partial charge in [0.1, 0.15) is 0 Å². The summed E-state index contributed by atoms with van der Waals surface area (Å²) in [6.45, 7) is 5.35. The van der Waals surface area contributed by atoms with E-state index in [4.69, 9.17) is 5.73 Å². The van der Waals surface area contributed by atoms with Crippen LogP contribution in [-0.4, -0.2) is 5.78 Å². The molecule has 0 aliphatic heterocycles. The van der Waals surface area contributed by atoms with Gasteiger partial charge in [0.15, 0.2) is 5.78 Å². The predicted molar refractivity (Wildman–Crippen MR) is 73.7 cm³/mol. The molecule has 2 heteroatoms. The summed E-state index contributed by atoms with van der Waals surface area (Å²) >= 11 is 0. The quantitative estimate of drug-likeness (QED) is 0.488. The standard InChI is InChI=1S/C14H15NO.CH4/c1-3-8-13(15)12(4-2)14(16)11-9-6-5-7-10-11;/h3-10H,1,15H2,2H3;1H4/b12-4+,13-8+;. The third-order valence-corrected chi connectivity index (χ3v) is 2.18. The van der Waals surface area contributed by atoms with E-state index in [0.717, 1.165) is 0 Å². The number of carbonyl (C=O) groups excluding carboxylic acids is 1. The highest BCUT2D eigenvalue weighted by molar-refractivity contribution is 6.11. The van der Waals surface area contributed by atoms with Gasteiger partial charge in [0, 0.05) is 16.8 Å². The Morgan fingerprint density at radius 3 is 2.35 bits per heavy atom. The third kappa shape index (κ3) is 3.76. The van der Waals surface area contributed by atoms with E-state index in [1.54, 1.807) is 37.3 Å². The molecule has 2 nitrogen and oxygen atoms in total. The van der Waals surface area contributed by atoms with Gasteiger partial charge in [-0.15, -0.1) is 0 Å². The molecule has 0 saturated carbocycles. The Balaban J connectivity index is 0.00000256. The van der Waals surface area contributed by atoms with Gasteiger partial charge in [-0.3, -0.25) is 4.79 Å². The minimum Gasteiger partial charge on any atom is -0.398 e. The lowest BCUT2D eigenvalue weighted by atomic mass is 10.0. The molecule has 90 valence electrons. The number of carbonyl (C=O) groups is 1. The van der Waals surface area contributed by atoms with Gasteiger partial charge in [0.25, 0.3) is 0 Å². The normalized spacial score (nSPS) is 11.6. The van der Waals surface area contributed by atoms with E-state index >= 15 is 0 Å². The number of ketones is 1. The molecule has 0 spiro atoms. The summed E-state index contributed by atoms with van der Waals surface area (Å²) in [6, 6.07) is 9.07. The number of hydrogen-bond donors (Lipinski definition) is 1. The Kier molecular flexibility index (Phi) is 6.34. The Bertz CT molecular complexity index is 441. The Morgan fingerprint density at radius 2 is 1.88 bits per heavy atom. The molecule has 0 aliphatic carbocycles. The fourth-order valence-electron chi connectivity index (χ4n) is 1.39. The Morgan fingerprint density at radius 1 is 1.29 bits per heavy atom. The lowest BCUT2D eigenvalue weighted by molar-refractivity contribution is 0.103. The summed E-state index contributed by atoms with van der Waals surface area (Å²) in [6.07, 6.45) is 4.90. The van der Waals surface area contributed by atoms with Crippen molar-refractivity contribution in [3.63, 3.8) is 0 Å². The second kappa shape index (κ2) is 7.23. The van der Waals surface area contributed by atoms with Crippen molar-refractivity contribution in [1.29, 1.82) is 0 Å². The molecule has 0 bridgehead atoms. The van der Waals surface area contributed by atoms with Crippen LogP contribution in [0.15, 0.2) is 66.4 Å². The molecular formula is C15H19NO. The Hall–Kier alpha value is -2.09. The molecule has 0 radical (unpaired) electrons. The van der Waals surface area contributed by atoms with Crippen LogP contribution >= 0.6 is 0 Å². The van der Waals surface area contributed by atoms with E-state index in [-0.39, 0.29) is 13.2 Å². The van der Waals surface area contributed by atoms with Gasteiger partial charge in [-0.1, -0.05) is 56.5 Å². The summed E-state index contributed by atoms with van der Waals surface area (Å²) in [5, 5.41) is 0. The summed E-state index contributed by atoms with van der Waals surface area (Å²) in [5.41, 5.74) is 7.36. The molecule has 0 aromatic heterocycles. The van der Waals surface area contributed by atoms with Gasteiger partial charge < -0.3 is 5.73 Å². The maximum absolute atomic E-state index is 12.1. The van der Waals surface area contributed by atoms with Crippen molar-refractivity contribution < 1.29 is 4.79 Å².